The van der Waals surface area contributed by atoms with Crippen LogP contribution in [0.2, 0.25) is 5.02 Å². The van der Waals surface area contributed by atoms with Gasteiger partial charge in [-0.25, -0.2) is 4.79 Å². The normalized spacial score (nSPS) is 10.8. The molecule has 0 aliphatic carbocycles. The van der Waals surface area contributed by atoms with Gasteiger partial charge in [0.25, 0.3) is 0 Å². The van der Waals surface area contributed by atoms with Gasteiger partial charge in [-0.15, -0.1) is 0 Å². The summed E-state index contributed by atoms with van der Waals surface area (Å²) in [5, 5.41) is 3.97. The predicted molar refractivity (Wildman–Crippen MR) is 65.5 cm³/mol. The van der Waals surface area contributed by atoms with Crippen molar-refractivity contribution in [3.63, 3.8) is 0 Å². The van der Waals surface area contributed by atoms with Crippen LogP contribution >= 0.6 is 11.6 Å². The van der Waals surface area contributed by atoms with Crippen molar-refractivity contribution >= 4 is 29.3 Å². The van der Waals surface area contributed by atoms with Crippen molar-refractivity contribution in [2.45, 2.75) is 6.18 Å². The highest BCUT2D eigenvalue weighted by Gasteiger charge is 2.34. The molecule has 0 fully saturated rings. The second-order valence-corrected chi connectivity index (χ2v) is 4.02. The second kappa shape index (κ2) is 6.47. The molecule has 1 aromatic carbocycles. The summed E-state index contributed by atoms with van der Waals surface area (Å²) in [7, 11) is 1.09. The first-order valence-corrected chi connectivity index (χ1v) is 5.60. The molecule has 0 radical (unpaired) electrons. The molecule has 110 valence electrons. The molecule has 0 aliphatic rings. The Labute approximate surface area is 117 Å². The number of hydrogen-bond donors (Lipinski definition) is 2. The van der Waals surface area contributed by atoms with Crippen LogP contribution in [0.5, 0.6) is 0 Å². The number of nitrogens with one attached hydrogen (secondary N) is 2. The Morgan fingerprint density at radius 3 is 2.55 bits per heavy atom. The number of ether oxygens (including phenoxy) is 1. The lowest BCUT2D eigenvalue weighted by molar-refractivity contribution is -0.137. The topological polar surface area (TPSA) is 67.4 Å². The summed E-state index contributed by atoms with van der Waals surface area (Å²) >= 11 is 5.49. The summed E-state index contributed by atoms with van der Waals surface area (Å²) in [6.07, 6.45) is -5.53. The van der Waals surface area contributed by atoms with Gasteiger partial charge in [0.05, 0.1) is 18.4 Å². The van der Waals surface area contributed by atoms with Gasteiger partial charge < -0.3 is 15.4 Å². The third kappa shape index (κ3) is 4.61. The minimum Gasteiger partial charge on any atom is -0.453 e. The number of anilines is 1. The molecule has 0 saturated heterocycles. The van der Waals surface area contributed by atoms with E-state index in [9.17, 15) is 22.8 Å². The third-order valence-electron chi connectivity index (χ3n) is 2.14. The van der Waals surface area contributed by atoms with Crippen molar-refractivity contribution in [2.24, 2.45) is 0 Å². The molecule has 0 spiro atoms. The van der Waals surface area contributed by atoms with Crippen LogP contribution in [0.1, 0.15) is 5.56 Å². The Bertz CT molecular complexity index is 520. The Balaban J connectivity index is 2.82. The van der Waals surface area contributed by atoms with Crippen LogP contribution in [0.15, 0.2) is 18.2 Å². The minimum atomic E-state index is -4.66. The highest BCUT2D eigenvalue weighted by Crippen LogP contribution is 2.36. The fraction of sp³-hybridized carbons (Fsp3) is 0.273. The predicted octanol–water partition coefficient (Wildman–Crippen LogP) is 2.65. The van der Waals surface area contributed by atoms with Crippen LogP contribution in [-0.2, 0) is 15.7 Å². The van der Waals surface area contributed by atoms with E-state index in [0.717, 1.165) is 13.2 Å². The molecule has 2 N–H and O–H groups in total. The van der Waals surface area contributed by atoms with Gasteiger partial charge >= 0.3 is 12.3 Å². The Morgan fingerprint density at radius 1 is 1.35 bits per heavy atom. The molecule has 1 rings (SSSR count). The molecular formula is C11H10ClF3N2O3. The number of rotatable bonds is 3. The average molecular weight is 311 g/mol. The van der Waals surface area contributed by atoms with Crippen LogP contribution in [0, 0.1) is 0 Å². The number of hydrogen-bond acceptors (Lipinski definition) is 3. The minimum absolute atomic E-state index is 0.108. The largest absolute Gasteiger partial charge is 0.453 e. The molecule has 0 saturated carbocycles. The van der Waals surface area contributed by atoms with E-state index >= 15 is 0 Å². The quantitative estimate of drug-likeness (QED) is 0.902. The van der Waals surface area contributed by atoms with Crippen molar-refractivity contribution in [3.05, 3.63) is 28.8 Å². The van der Waals surface area contributed by atoms with Gasteiger partial charge in [-0.3, -0.25) is 4.79 Å². The van der Waals surface area contributed by atoms with Gasteiger partial charge in [0.2, 0.25) is 5.91 Å². The fourth-order valence-electron chi connectivity index (χ4n) is 1.28. The number of carbonyl (C=O) groups excluding carboxylic acids is 2. The zero-order chi connectivity index (χ0) is 15.3. The van der Waals surface area contributed by atoms with Crippen LogP contribution < -0.4 is 10.6 Å². The molecule has 0 unspecified atom stereocenters. The molecule has 0 aromatic heterocycles. The molecule has 0 aliphatic heterocycles. The maximum atomic E-state index is 12.7. The third-order valence-corrected chi connectivity index (χ3v) is 2.37. The maximum Gasteiger partial charge on any atom is 0.418 e. The molecule has 5 nitrogen and oxygen atoms in total. The van der Waals surface area contributed by atoms with Crippen molar-refractivity contribution in [1.29, 1.82) is 0 Å². The molecule has 1 aromatic rings. The van der Waals surface area contributed by atoms with Crippen molar-refractivity contribution in [2.75, 3.05) is 19.0 Å². The average Bonchev–Trinajstić information content (AvgIpc) is 2.36. The van der Waals surface area contributed by atoms with Gasteiger partial charge in [0.15, 0.2) is 0 Å². The van der Waals surface area contributed by atoms with E-state index in [1.807, 2.05) is 10.6 Å². The zero-order valence-corrected chi connectivity index (χ0v) is 10.9. The zero-order valence-electron chi connectivity index (χ0n) is 10.2. The standard InChI is InChI=1S/C11H10ClF3N2O3/c1-20-10(19)16-5-9(18)17-8-3-2-6(12)4-7(8)11(13,14)15/h2-4H,5H2,1H3,(H,16,19)(H,17,18). The highest BCUT2D eigenvalue weighted by atomic mass is 35.5. The van der Waals surface area contributed by atoms with Gasteiger partial charge in [-0.2, -0.15) is 13.2 Å². The van der Waals surface area contributed by atoms with E-state index in [2.05, 4.69) is 4.74 Å². The summed E-state index contributed by atoms with van der Waals surface area (Å²) in [6.45, 7) is -0.521. The lowest BCUT2D eigenvalue weighted by Gasteiger charge is -2.14. The van der Waals surface area contributed by atoms with Gasteiger partial charge in [0, 0.05) is 5.02 Å². The number of benzene rings is 1. The molecular weight excluding hydrogens is 301 g/mol. The first-order chi connectivity index (χ1) is 9.24. The van der Waals surface area contributed by atoms with E-state index < -0.39 is 36.0 Å². The number of alkyl halides is 3. The SMILES string of the molecule is COC(=O)NCC(=O)Nc1ccc(Cl)cc1C(F)(F)F. The molecule has 0 atom stereocenters. The molecule has 2 amide bonds. The summed E-state index contributed by atoms with van der Waals surface area (Å²) in [4.78, 5) is 22.1. The Morgan fingerprint density at radius 2 is 2.00 bits per heavy atom. The first kappa shape index (κ1) is 16.1. The van der Waals surface area contributed by atoms with Crippen LogP contribution in [0.3, 0.4) is 0 Å². The van der Waals surface area contributed by atoms with Gasteiger partial charge in [-0.05, 0) is 18.2 Å². The summed E-state index contributed by atoms with van der Waals surface area (Å²) < 4.78 is 42.5. The van der Waals surface area contributed by atoms with Crippen molar-refractivity contribution < 1.29 is 27.5 Å². The van der Waals surface area contributed by atoms with Crippen LogP contribution in [0.4, 0.5) is 23.7 Å². The summed E-state index contributed by atoms with van der Waals surface area (Å²) in [5.41, 5.74) is -1.52. The van der Waals surface area contributed by atoms with Gasteiger partial charge in [0.1, 0.15) is 6.54 Å². The monoisotopic (exact) mass is 310 g/mol. The Hall–Kier alpha value is -1.96. The lowest BCUT2D eigenvalue weighted by Crippen LogP contribution is -2.33. The van der Waals surface area contributed by atoms with Crippen LogP contribution in [-0.4, -0.2) is 25.7 Å². The van der Waals surface area contributed by atoms with E-state index in [0.29, 0.717) is 6.07 Å². The van der Waals surface area contributed by atoms with Crippen molar-refractivity contribution in [1.82, 2.24) is 5.32 Å². The van der Waals surface area contributed by atoms with E-state index in [1.54, 1.807) is 0 Å². The summed E-state index contributed by atoms with van der Waals surface area (Å²) in [6, 6.07) is 2.94. The van der Waals surface area contributed by atoms with Crippen LogP contribution in [0.25, 0.3) is 0 Å². The van der Waals surface area contributed by atoms with E-state index in [1.165, 1.54) is 6.07 Å². The number of amides is 2. The molecule has 0 heterocycles. The molecule has 9 heteroatoms. The summed E-state index contributed by atoms with van der Waals surface area (Å²) in [5.74, 6) is -0.830. The second-order valence-electron chi connectivity index (χ2n) is 3.58. The smallest absolute Gasteiger partial charge is 0.418 e. The fourth-order valence-corrected chi connectivity index (χ4v) is 1.45. The van der Waals surface area contributed by atoms with Gasteiger partial charge in [-0.1, -0.05) is 11.6 Å². The maximum absolute atomic E-state index is 12.7. The first-order valence-electron chi connectivity index (χ1n) is 5.22. The number of halogens is 4. The Kier molecular flexibility index (Phi) is 5.20. The van der Waals surface area contributed by atoms with Crippen molar-refractivity contribution in [3.8, 4) is 0 Å². The highest BCUT2D eigenvalue weighted by molar-refractivity contribution is 6.30. The lowest BCUT2D eigenvalue weighted by atomic mass is 10.1. The van der Waals surface area contributed by atoms with E-state index in [4.69, 9.17) is 11.6 Å². The molecule has 0 bridgehead atoms. The number of alkyl carbamates (subject to hydrolysis) is 1. The number of carbonyl (C=O) groups is 2. The molecule has 20 heavy (non-hydrogen) atoms. The number of methoxy groups -OCH3 is 1. The van der Waals surface area contributed by atoms with E-state index in [-0.39, 0.29) is 5.02 Å².